The number of piperazine rings is 1. The first-order chi connectivity index (χ1) is 10.0. The third-order valence-corrected chi connectivity index (χ3v) is 7.22. The summed E-state index contributed by atoms with van der Waals surface area (Å²) in [6, 6.07) is 1.55. The van der Waals surface area contributed by atoms with Gasteiger partial charge in [0.2, 0.25) is 0 Å². The van der Waals surface area contributed by atoms with Crippen LogP contribution in [0, 0.1) is 5.92 Å². The molecular formula is C18H36N2S. The zero-order valence-corrected chi connectivity index (χ0v) is 15.6. The first-order valence-corrected chi connectivity index (χ1v) is 10.4. The van der Waals surface area contributed by atoms with Gasteiger partial charge >= 0.3 is 0 Å². The zero-order valence-electron chi connectivity index (χ0n) is 14.8. The molecule has 1 heterocycles. The van der Waals surface area contributed by atoms with Crippen LogP contribution in [-0.2, 0) is 0 Å². The van der Waals surface area contributed by atoms with Crippen LogP contribution in [0.1, 0.15) is 66.2 Å². The minimum absolute atomic E-state index is 0.359. The van der Waals surface area contributed by atoms with E-state index >= 15 is 0 Å². The largest absolute Gasteiger partial charge is 0.308 e. The monoisotopic (exact) mass is 312 g/mol. The Hall–Kier alpha value is 0.270. The Morgan fingerprint density at radius 2 is 1.95 bits per heavy atom. The first-order valence-electron chi connectivity index (χ1n) is 9.08. The van der Waals surface area contributed by atoms with E-state index in [0.717, 1.165) is 23.3 Å². The van der Waals surface area contributed by atoms with E-state index in [0.29, 0.717) is 5.54 Å². The van der Waals surface area contributed by atoms with Crippen LogP contribution < -0.4 is 5.32 Å². The second kappa shape index (κ2) is 7.70. The van der Waals surface area contributed by atoms with Gasteiger partial charge in [-0.3, -0.25) is 4.90 Å². The normalized spacial score (nSPS) is 34.3. The highest BCUT2D eigenvalue weighted by atomic mass is 32.2. The molecule has 0 amide bonds. The molecule has 2 rings (SSSR count). The molecule has 124 valence electrons. The lowest BCUT2D eigenvalue weighted by Crippen LogP contribution is -2.67. The number of hydrogen-bond acceptors (Lipinski definition) is 3. The molecule has 2 aliphatic rings. The van der Waals surface area contributed by atoms with Crippen LogP contribution >= 0.6 is 11.8 Å². The Bertz CT molecular complexity index is 314. The van der Waals surface area contributed by atoms with Gasteiger partial charge in [0.1, 0.15) is 0 Å². The molecule has 0 spiro atoms. The summed E-state index contributed by atoms with van der Waals surface area (Å²) in [5.41, 5.74) is 0.359. The van der Waals surface area contributed by atoms with Crippen molar-refractivity contribution in [3.63, 3.8) is 0 Å². The predicted molar refractivity (Wildman–Crippen MR) is 96.2 cm³/mol. The van der Waals surface area contributed by atoms with Crippen molar-refractivity contribution >= 4 is 11.8 Å². The van der Waals surface area contributed by atoms with E-state index in [4.69, 9.17) is 0 Å². The standard InChI is InChI=1S/C18H36N2S/c1-6-18(7-2)13-20(17(12-19-18)14(3)4)15-9-8-10-16(11-15)21-5/h14-17,19H,6-13H2,1-5H3. The van der Waals surface area contributed by atoms with Gasteiger partial charge in [0.15, 0.2) is 0 Å². The van der Waals surface area contributed by atoms with Crippen molar-refractivity contribution in [1.29, 1.82) is 0 Å². The molecule has 0 aromatic rings. The molecule has 0 aromatic carbocycles. The SMILES string of the molecule is CCC1(CC)CN(C2CCCC(SC)C2)C(C(C)C)CN1. The Morgan fingerprint density at radius 3 is 2.52 bits per heavy atom. The summed E-state index contributed by atoms with van der Waals surface area (Å²) in [7, 11) is 0. The van der Waals surface area contributed by atoms with Gasteiger partial charge < -0.3 is 5.32 Å². The maximum atomic E-state index is 3.91. The van der Waals surface area contributed by atoms with Crippen LogP contribution in [0.4, 0.5) is 0 Å². The van der Waals surface area contributed by atoms with Crippen LogP contribution in [0.25, 0.3) is 0 Å². The molecule has 1 saturated heterocycles. The summed E-state index contributed by atoms with van der Waals surface area (Å²) < 4.78 is 0. The highest BCUT2D eigenvalue weighted by molar-refractivity contribution is 7.99. The van der Waals surface area contributed by atoms with E-state index in [1.807, 2.05) is 0 Å². The molecule has 0 aromatic heterocycles. The zero-order chi connectivity index (χ0) is 15.5. The molecule has 1 N–H and O–H groups in total. The molecule has 3 atom stereocenters. The minimum atomic E-state index is 0.359. The van der Waals surface area contributed by atoms with Crippen LogP contribution in [-0.4, -0.2) is 47.1 Å². The van der Waals surface area contributed by atoms with Crippen LogP contribution in [0.15, 0.2) is 0 Å². The fraction of sp³-hybridized carbons (Fsp3) is 1.00. The lowest BCUT2D eigenvalue weighted by atomic mass is 9.83. The summed E-state index contributed by atoms with van der Waals surface area (Å²) in [5, 5.41) is 4.80. The van der Waals surface area contributed by atoms with E-state index in [2.05, 4.69) is 55.9 Å². The predicted octanol–water partition coefficient (Wildman–Crippen LogP) is 4.15. The summed E-state index contributed by atoms with van der Waals surface area (Å²) in [6.45, 7) is 12.0. The Balaban J connectivity index is 2.13. The van der Waals surface area contributed by atoms with Crippen LogP contribution in [0.3, 0.4) is 0 Å². The number of nitrogens with one attached hydrogen (secondary N) is 1. The van der Waals surface area contributed by atoms with Crippen molar-refractivity contribution in [2.45, 2.75) is 89.1 Å². The summed E-state index contributed by atoms with van der Waals surface area (Å²) >= 11 is 2.09. The first kappa shape index (κ1) is 17.6. The van der Waals surface area contributed by atoms with Crippen molar-refractivity contribution in [3.05, 3.63) is 0 Å². The van der Waals surface area contributed by atoms with E-state index in [1.165, 1.54) is 51.6 Å². The lowest BCUT2D eigenvalue weighted by Gasteiger charge is -2.53. The van der Waals surface area contributed by atoms with Gasteiger partial charge in [0.25, 0.3) is 0 Å². The highest BCUT2D eigenvalue weighted by Gasteiger charge is 2.41. The number of nitrogens with zero attached hydrogens (tertiary/aromatic N) is 1. The molecule has 3 unspecified atom stereocenters. The third-order valence-electron chi connectivity index (χ3n) is 6.12. The molecule has 0 bridgehead atoms. The van der Waals surface area contributed by atoms with E-state index in [1.54, 1.807) is 0 Å². The second-order valence-corrected chi connectivity index (χ2v) is 8.67. The minimum Gasteiger partial charge on any atom is -0.308 e. The number of rotatable bonds is 5. The Kier molecular flexibility index (Phi) is 6.46. The van der Waals surface area contributed by atoms with E-state index < -0.39 is 0 Å². The van der Waals surface area contributed by atoms with Crippen molar-refractivity contribution in [2.24, 2.45) is 5.92 Å². The highest BCUT2D eigenvalue weighted by Crippen LogP contribution is 2.35. The third kappa shape index (κ3) is 3.97. The van der Waals surface area contributed by atoms with Gasteiger partial charge in [-0.25, -0.2) is 0 Å². The smallest absolute Gasteiger partial charge is 0.0304 e. The quantitative estimate of drug-likeness (QED) is 0.821. The molecule has 1 aliphatic heterocycles. The number of thioether (sulfide) groups is 1. The molecule has 1 saturated carbocycles. The van der Waals surface area contributed by atoms with Crippen molar-refractivity contribution in [1.82, 2.24) is 10.2 Å². The molecular weight excluding hydrogens is 276 g/mol. The van der Waals surface area contributed by atoms with Gasteiger partial charge in [0.05, 0.1) is 0 Å². The Labute approximate surface area is 136 Å². The second-order valence-electron chi connectivity index (χ2n) is 7.53. The maximum absolute atomic E-state index is 3.91. The summed E-state index contributed by atoms with van der Waals surface area (Å²) in [5.74, 6) is 0.749. The molecule has 0 radical (unpaired) electrons. The van der Waals surface area contributed by atoms with Crippen molar-refractivity contribution in [3.8, 4) is 0 Å². The summed E-state index contributed by atoms with van der Waals surface area (Å²) in [4.78, 5) is 2.91. The molecule has 1 aliphatic carbocycles. The average Bonchev–Trinajstić information content (AvgIpc) is 2.54. The van der Waals surface area contributed by atoms with Gasteiger partial charge in [-0.1, -0.05) is 34.1 Å². The lowest BCUT2D eigenvalue weighted by molar-refractivity contribution is 0.00559. The Morgan fingerprint density at radius 1 is 1.24 bits per heavy atom. The fourth-order valence-electron chi connectivity index (χ4n) is 4.34. The van der Waals surface area contributed by atoms with Gasteiger partial charge in [-0.05, 0) is 44.3 Å². The number of hydrogen-bond donors (Lipinski definition) is 1. The fourth-order valence-corrected chi connectivity index (χ4v) is 5.16. The van der Waals surface area contributed by atoms with Gasteiger partial charge in [0, 0.05) is 36.0 Å². The van der Waals surface area contributed by atoms with Gasteiger partial charge in [-0.2, -0.15) is 11.8 Å². The molecule has 3 heteroatoms. The van der Waals surface area contributed by atoms with Crippen molar-refractivity contribution < 1.29 is 0 Å². The average molecular weight is 313 g/mol. The molecule has 21 heavy (non-hydrogen) atoms. The molecule has 2 fully saturated rings. The van der Waals surface area contributed by atoms with Crippen LogP contribution in [0.5, 0.6) is 0 Å². The molecule has 2 nitrogen and oxygen atoms in total. The van der Waals surface area contributed by atoms with E-state index in [-0.39, 0.29) is 0 Å². The maximum Gasteiger partial charge on any atom is 0.0304 e. The van der Waals surface area contributed by atoms with Crippen molar-refractivity contribution in [2.75, 3.05) is 19.3 Å². The van der Waals surface area contributed by atoms with E-state index in [9.17, 15) is 0 Å². The summed E-state index contributed by atoms with van der Waals surface area (Å²) in [6.07, 6.45) is 10.5. The van der Waals surface area contributed by atoms with Crippen LogP contribution in [0.2, 0.25) is 0 Å². The van der Waals surface area contributed by atoms with Gasteiger partial charge in [-0.15, -0.1) is 0 Å². The topological polar surface area (TPSA) is 15.3 Å².